The van der Waals surface area contributed by atoms with E-state index in [1.165, 1.54) is 0 Å². The van der Waals surface area contributed by atoms with Crippen molar-refractivity contribution in [2.45, 2.75) is 32.8 Å². The van der Waals surface area contributed by atoms with Crippen molar-refractivity contribution < 1.29 is 5.11 Å². The Labute approximate surface area is 104 Å². The van der Waals surface area contributed by atoms with E-state index in [9.17, 15) is 5.11 Å². The van der Waals surface area contributed by atoms with Crippen molar-refractivity contribution in [3.63, 3.8) is 0 Å². The molecular weight excluding hydrogens is 270 g/mol. The number of anilines is 2. The van der Waals surface area contributed by atoms with Crippen molar-refractivity contribution in [2.75, 3.05) is 17.6 Å². The van der Waals surface area contributed by atoms with Crippen LogP contribution < -0.4 is 11.1 Å². The largest absolute Gasteiger partial charge is 0.397 e. The summed E-state index contributed by atoms with van der Waals surface area (Å²) in [5.74, 6) is 0.773. The number of hydrogen-bond acceptors (Lipinski definition) is 4. The van der Waals surface area contributed by atoms with Gasteiger partial charge in [-0.25, -0.2) is 4.98 Å². The third kappa shape index (κ3) is 3.35. The zero-order valence-corrected chi connectivity index (χ0v) is 11.2. The average molecular weight is 288 g/mol. The molecule has 5 heteroatoms. The molecule has 1 atom stereocenters. The Hall–Kier alpha value is -0.810. The molecule has 1 aromatic heterocycles. The van der Waals surface area contributed by atoms with E-state index in [0.29, 0.717) is 18.7 Å². The number of nitrogens with zero attached hydrogens (tertiary/aromatic N) is 1. The van der Waals surface area contributed by atoms with Crippen LogP contribution in [0.1, 0.15) is 25.3 Å². The zero-order valence-electron chi connectivity index (χ0n) is 9.63. The van der Waals surface area contributed by atoms with Gasteiger partial charge in [-0.05, 0) is 41.3 Å². The van der Waals surface area contributed by atoms with E-state index in [1.54, 1.807) is 6.20 Å². The topological polar surface area (TPSA) is 71.2 Å². The third-order valence-corrected chi connectivity index (χ3v) is 3.51. The fourth-order valence-electron chi connectivity index (χ4n) is 1.28. The number of nitrogen functional groups attached to an aromatic ring is 1. The number of aliphatic hydroxyl groups is 1. The van der Waals surface area contributed by atoms with Gasteiger partial charge in [0, 0.05) is 6.54 Å². The van der Waals surface area contributed by atoms with Crippen molar-refractivity contribution in [3.8, 4) is 0 Å². The Morgan fingerprint density at radius 3 is 2.94 bits per heavy atom. The molecule has 0 saturated carbocycles. The molecule has 0 amide bonds. The minimum atomic E-state index is -0.249. The number of pyridine rings is 1. The maximum absolute atomic E-state index is 9.41. The van der Waals surface area contributed by atoms with Gasteiger partial charge >= 0.3 is 0 Å². The molecule has 4 N–H and O–H groups in total. The summed E-state index contributed by atoms with van der Waals surface area (Å²) in [6, 6.07) is 0. The van der Waals surface area contributed by atoms with Gasteiger partial charge in [0.2, 0.25) is 0 Å². The normalized spacial score (nSPS) is 12.5. The van der Waals surface area contributed by atoms with E-state index in [2.05, 4.69) is 26.2 Å². The molecular formula is C11H18BrN3O. The maximum atomic E-state index is 9.41. The molecule has 16 heavy (non-hydrogen) atoms. The third-order valence-electron chi connectivity index (χ3n) is 2.54. The maximum Gasteiger partial charge on any atom is 0.140 e. The second-order valence-electron chi connectivity index (χ2n) is 3.78. The molecule has 4 nitrogen and oxygen atoms in total. The quantitative estimate of drug-likeness (QED) is 0.777. The molecule has 1 heterocycles. The summed E-state index contributed by atoms with van der Waals surface area (Å²) in [5, 5.41) is 12.6. The fourth-order valence-corrected chi connectivity index (χ4v) is 1.75. The number of halogens is 1. The van der Waals surface area contributed by atoms with E-state index >= 15 is 0 Å². The number of aliphatic hydroxyl groups excluding tert-OH is 1. The molecule has 0 spiro atoms. The average Bonchev–Trinajstić information content (AvgIpc) is 2.29. The number of hydrogen-bond donors (Lipinski definition) is 3. The number of nitrogens with one attached hydrogen (secondary N) is 1. The van der Waals surface area contributed by atoms with E-state index in [0.717, 1.165) is 22.3 Å². The molecule has 0 bridgehead atoms. The first kappa shape index (κ1) is 13.3. The van der Waals surface area contributed by atoms with Crippen LogP contribution in [0.5, 0.6) is 0 Å². The fraction of sp³-hybridized carbons (Fsp3) is 0.545. The first-order valence-electron chi connectivity index (χ1n) is 5.38. The van der Waals surface area contributed by atoms with Crippen molar-refractivity contribution in [2.24, 2.45) is 0 Å². The summed E-state index contributed by atoms with van der Waals surface area (Å²) < 4.78 is 0.887. The first-order chi connectivity index (χ1) is 7.56. The van der Waals surface area contributed by atoms with Crippen LogP contribution in [0.3, 0.4) is 0 Å². The van der Waals surface area contributed by atoms with Gasteiger partial charge in [0.05, 0.1) is 22.5 Å². The molecule has 1 rings (SSSR count). The van der Waals surface area contributed by atoms with Crippen LogP contribution in [0.15, 0.2) is 10.7 Å². The number of rotatable bonds is 5. The molecule has 0 radical (unpaired) electrons. The van der Waals surface area contributed by atoms with Crippen molar-refractivity contribution in [1.82, 2.24) is 4.98 Å². The smallest absolute Gasteiger partial charge is 0.140 e. The molecule has 0 aliphatic carbocycles. The molecule has 0 aliphatic rings. The predicted molar refractivity (Wildman–Crippen MR) is 70.5 cm³/mol. The zero-order chi connectivity index (χ0) is 12.1. The van der Waals surface area contributed by atoms with Crippen LogP contribution in [-0.4, -0.2) is 22.7 Å². The highest BCUT2D eigenvalue weighted by molar-refractivity contribution is 9.10. The van der Waals surface area contributed by atoms with Gasteiger partial charge in [-0.15, -0.1) is 0 Å². The van der Waals surface area contributed by atoms with E-state index in [-0.39, 0.29) is 6.10 Å². The Bertz CT molecular complexity index is 357. The SMILES string of the molecule is CCC(O)CCNc1ncc(N)c(C)c1Br. The van der Waals surface area contributed by atoms with Gasteiger partial charge in [0.25, 0.3) is 0 Å². The van der Waals surface area contributed by atoms with Crippen molar-refractivity contribution in [1.29, 1.82) is 0 Å². The van der Waals surface area contributed by atoms with Crippen LogP contribution in [0, 0.1) is 6.92 Å². The van der Waals surface area contributed by atoms with Crippen molar-refractivity contribution >= 4 is 27.4 Å². The van der Waals surface area contributed by atoms with Crippen LogP contribution in [0.4, 0.5) is 11.5 Å². The van der Waals surface area contributed by atoms with E-state index in [4.69, 9.17) is 5.73 Å². The Kier molecular flexibility index (Phi) is 5.02. The standard InChI is InChI=1S/C11H18BrN3O/c1-3-8(16)4-5-14-11-10(12)7(2)9(13)6-15-11/h6,8,16H,3-5,13H2,1-2H3,(H,14,15). The van der Waals surface area contributed by atoms with Gasteiger partial charge in [-0.3, -0.25) is 0 Å². The second-order valence-corrected chi connectivity index (χ2v) is 4.57. The van der Waals surface area contributed by atoms with Crippen LogP contribution in [0.2, 0.25) is 0 Å². The lowest BCUT2D eigenvalue weighted by Crippen LogP contribution is -2.13. The Morgan fingerprint density at radius 1 is 1.62 bits per heavy atom. The lowest BCUT2D eigenvalue weighted by molar-refractivity contribution is 0.164. The van der Waals surface area contributed by atoms with Crippen molar-refractivity contribution in [3.05, 3.63) is 16.2 Å². The summed E-state index contributed by atoms with van der Waals surface area (Å²) in [6.45, 7) is 4.60. The minimum Gasteiger partial charge on any atom is -0.397 e. The molecule has 0 aliphatic heterocycles. The molecule has 0 aromatic carbocycles. The monoisotopic (exact) mass is 287 g/mol. The van der Waals surface area contributed by atoms with Gasteiger partial charge in [-0.1, -0.05) is 6.92 Å². The van der Waals surface area contributed by atoms with Crippen LogP contribution in [-0.2, 0) is 0 Å². The predicted octanol–water partition coefficient (Wildman–Crippen LogP) is 2.31. The summed E-state index contributed by atoms with van der Waals surface area (Å²) in [6.07, 6.45) is 2.88. The van der Waals surface area contributed by atoms with Crippen LogP contribution >= 0.6 is 15.9 Å². The molecule has 0 fully saturated rings. The number of aromatic nitrogens is 1. The van der Waals surface area contributed by atoms with Gasteiger partial charge in [-0.2, -0.15) is 0 Å². The van der Waals surface area contributed by atoms with E-state index in [1.807, 2.05) is 13.8 Å². The first-order valence-corrected chi connectivity index (χ1v) is 6.18. The van der Waals surface area contributed by atoms with E-state index < -0.39 is 0 Å². The van der Waals surface area contributed by atoms with Gasteiger partial charge < -0.3 is 16.2 Å². The molecule has 90 valence electrons. The number of nitrogens with two attached hydrogens (primary N) is 1. The minimum absolute atomic E-state index is 0.249. The Balaban J connectivity index is 2.58. The highest BCUT2D eigenvalue weighted by atomic mass is 79.9. The summed E-state index contributed by atoms with van der Waals surface area (Å²) in [5.41, 5.74) is 7.38. The summed E-state index contributed by atoms with van der Waals surface area (Å²) in [4.78, 5) is 4.20. The highest BCUT2D eigenvalue weighted by Crippen LogP contribution is 2.27. The summed E-state index contributed by atoms with van der Waals surface area (Å²) in [7, 11) is 0. The lowest BCUT2D eigenvalue weighted by Gasteiger charge is -2.12. The second kappa shape index (κ2) is 6.06. The highest BCUT2D eigenvalue weighted by Gasteiger charge is 2.07. The molecule has 1 unspecified atom stereocenters. The van der Waals surface area contributed by atoms with Gasteiger partial charge in [0.1, 0.15) is 5.82 Å². The molecule has 0 saturated heterocycles. The van der Waals surface area contributed by atoms with Gasteiger partial charge in [0.15, 0.2) is 0 Å². The lowest BCUT2D eigenvalue weighted by atomic mass is 10.2. The Morgan fingerprint density at radius 2 is 2.31 bits per heavy atom. The summed E-state index contributed by atoms with van der Waals surface area (Å²) >= 11 is 3.45. The van der Waals surface area contributed by atoms with Crippen LogP contribution in [0.25, 0.3) is 0 Å². The molecule has 1 aromatic rings.